The second-order valence-electron chi connectivity index (χ2n) is 5.90. The van der Waals surface area contributed by atoms with Gasteiger partial charge in [0.05, 0.1) is 12.7 Å². The monoisotopic (exact) mass is 270 g/mol. The summed E-state index contributed by atoms with van der Waals surface area (Å²) in [5.74, 6) is 0.456. The van der Waals surface area contributed by atoms with Gasteiger partial charge in [-0.1, -0.05) is 31.4 Å². The molecule has 0 aromatic heterocycles. The van der Waals surface area contributed by atoms with Crippen LogP contribution in [0.1, 0.15) is 60.0 Å². The van der Waals surface area contributed by atoms with Crippen LogP contribution in [-0.4, -0.2) is 13.1 Å². The van der Waals surface area contributed by atoms with Gasteiger partial charge in [0, 0.05) is 0 Å². The van der Waals surface area contributed by atoms with E-state index in [1.54, 1.807) is 0 Å². The highest BCUT2D eigenvalue weighted by Crippen LogP contribution is 2.39. The van der Waals surface area contributed by atoms with Crippen molar-refractivity contribution in [3.05, 3.63) is 41.0 Å². The summed E-state index contributed by atoms with van der Waals surface area (Å²) in [7, 11) is 1.44. The molecule has 2 heteroatoms. The number of allylic oxidation sites excluding steroid dienone is 2. The van der Waals surface area contributed by atoms with E-state index in [1.165, 1.54) is 55.9 Å². The van der Waals surface area contributed by atoms with Gasteiger partial charge in [-0.15, -0.1) is 0 Å². The first-order valence-electron chi connectivity index (χ1n) is 7.71. The highest BCUT2D eigenvalue weighted by molar-refractivity contribution is 5.91. The van der Waals surface area contributed by atoms with Crippen molar-refractivity contribution >= 4 is 11.5 Å². The summed E-state index contributed by atoms with van der Waals surface area (Å²) >= 11 is 0. The van der Waals surface area contributed by atoms with Crippen LogP contribution in [0.4, 0.5) is 0 Å². The first-order chi connectivity index (χ1) is 9.79. The van der Waals surface area contributed by atoms with Gasteiger partial charge in [-0.25, -0.2) is 4.79 Å². The summed E-state index contributed by atoms with van der Waals surface area (Å²) < 4.78 is 4.85. The largest absolute Gasteiger partial charge is 0.465 e. The average Bonchev–Trinajstić information content (AvgIpc) is 2.54. The van der Waals surface area contributed by atoms with Crippen LogP contribution in [0, 0.1) is 5.92 Å². The van der Waals surface area contributed by atoms with Crippen molar-refractivity contribution in [2.24, 2.45) is 5.92 Å². The normalized spacial score (nSPS) is 19.1. The molecule has 0 amide bonds. The minimum atomic E-state index is -0.235. The lowest BCUT2D eigenvalue weighted by Gasteiger charge is -2.28. The second-order valence-corrected chi connectivity index (χ2v) is 5.90. The van der Waals surface area contributed by atoms with Crippen molar-refractivity contribution in [2.75, 3.05) is 7.11 Å². The van der Waals surface area contributed by atoms with E-state index in [1.807, 2.05) is 12.1 Å². The number of methoxy groups -OCH3 is 1. The van der Waals surface area contributed by atoms with Crippen LogP contribution in [0.3, 0.4) is 0 Å². The molecule has 1 aromatic carbocycles. The molecule has 2 aliphatic carbocycles. The Balaban J connectivity index is 1.95. The Kier molecular flexibility index (Phi) is 3.90. The molecule has 1 saturated carbocycles. The molecule has 0 unspecified atom stereocenters. The van der Waals surface area contributed by atoms with E-state index < -0.39 is 0 Å². The van der Waals surface area contributed by atoms with Crippen LogP contribution < -0.4 is 0 Å². The smallest absolute Gasteiger partial charge is 0.337 e. The Labute approximate surface area is 120 Å². The molecular weight excluding hydrogens is 248 g/mol. The fourth-order valence-electron chi connectivity index (χ4n) is 3.60. The Morgan fingerprint density at radius 1 is 1.20 bits per heavy atom. The Bertz CT molecular complexity index is 536. The molecule has 0 radical (unpaired) electrons. The molecule has 3 rings (SSSR count). The number of hydrogen-bond donors (Lipinski definition) is 0. The standard InChI is InChI=1S/C18H22O2/c1-20-18(19)15-11-10-14-8-5-9-16(17(14)12-15)13-6-3-2-4-7-13/h9-13H,2-8H2,1H3. The van der Waals surface area contributed by atoms with Crippen LogP contribution in [0.25, 0.3) is 5.57 Å². The lowest BCUT2D eigenvalue weighted by atomic mass is 9.76. The van der Waals surface area contributed by atoms with Crippen molar-refractivity contribution in [1.82, 2.24) is 0 Å². The summed E-state index contributed by atoms with van der Waals surface area (Å²) in [5.41, 5.74) is 4.85. The van der Waals surface area contributed by atoms with Crippen LogP contribution >= 0.6 is 0 Å². The molecule has 0 aliphatic heterocycles. The molecule has 2 aliphatic rings. The van der Waals surface area contributed by atoms with Gasteiger partial charge in [0.2, 0.25) is 0 Å². The molecule has 1 aromatic rings. The molecular formula is C18H22O2. The minimum absolute atomic E-state index is 0.235. The molecule has 106 valence electrons. The Morgan fingerprint density at radius 3 is 2.75 bits per heavy atom. The minimum Gasteiger partial charge on any atom is -0.465 e. The van der Waals surface area contributed by atoms with Gasteiger partial charge in [-0.3, -0.25) is 0 Å². The van der Waals surface area contributed by atoms with Gasteiger partial charge >= 0.3 is 5.97 Å². The first kappa shape index (κ1) is 13.4. The Morgan fingerprint density at radius 2 is 2.00 bits per heavy atom. The lowest BCUT2D eigenvalue weighted by molar-refractivity contribution is 0.0600. The van der Waals surface area contributed by atoms with Crippen molar-refractivity contribution in [1.29, 1.82) is 0 Å². The van der Waals surface area contributed by atoms with Gasteiger partial charge in [-0.05, 0) is 60.4 Å². The summed E-state index contributed by atoms with van der Waals surface area (Å²) in [6.45, 7) is 0. The third-order valence-corrected chi connectivity index (χ3v) is 4.66. The fraction of sp³-hybridized carbons (Fsp3) is 0.500. The van der Waals surface area contributed by atoms with Gasteiger partial charge in [0.1, 0.15) is 0 Å². The molecule has 2 nitrogen and oxygen atoms in total. The van der Waals surface area contributed by atoms with Crippen molar-refractivity contribution in [3.63, 3.8) is 0 Å². The van der Waals surface area contributed by atoms with Gasteiger partial charge in [0.25, 0.3) is 0 Å². The molecule has 20 heavy (non-hydrogen) atoms. The number of aryl methyl sites for hydroxylation is 1. The molecule has 0 saturated heterocycles. The van der Waals surface area contributed by atoms with Crippen molar-refractivity contribution < 1.29 is 9.53 Å². The van der Waals surface area contributed by atoms with Gasteiger partial charge in [0.15, 0.2) is 0 Å². The van der Waals surface area contributed by atoms with E-state index in [2.05, 4.69) is 12.1 Å². The summed E-state index contributed by atoms with van der Waals surface area (Å²) in [6.07, 6.45) is 11.3. The van der Waals surface area contributed by atoms with Gasteiger partial charge in [-0.2, -0.15) is 0 Å². The van der Waals surface area contributed by atoms with Crippen molar-refractivity contribution in [2.45, 2.75) is 44.9 Å². The average molecular weight is 270 g/mol. The number of esters is 1. The highest BCUT2D eigenvalue weighted by atomic mass is 16.5. The van der Waals surface area contributed by atoms with Crippen molar-refractivity contribution in [3.8, 4) is 0 Å². The highest BCUT2D eigenvalue weighted by Gasteiger charge is 2.23. The van der Waals surface area contributed by atoms with E-state index in [0.29, 0.717) is 11.5 Å². The second kappa shape index (κ2) is 5.82. The van der Waals surface area contributed by atoms with Gasteiger partial charge < -0.3 is 4.74 Å². The number of ether oxygens (including phenoxy) is 1. The maximum Gasteiger partial charge on any atom is 0.337 e. The SMILES string of the molecule is COC(=O)c1ccc2c(c1)C(C1CCCCC1)=CCC2. The van der Waals surface area contributed by atoms with Crippen LogP contribution in [0.2, 0.25) is 0 Å². The zero-order chi connectivity index (χ0) is 13.9. The molecule has 0 bridgehead atoms. The van der Waals surface area contributed by atoms with E-state index in [-0.39, 0.29) is 5.97 Å². The first-order valence-corrected chi connectivity index (χ1v) is 7.71. The maximum atomic E-state index is 11.7. The molecule has 1 fully saturated rings. The van der Waals surface area contributed by atoms with E-state index >= 15 is 0 Å². The molecule has 0 spiro atoms. The number of benzene rings is 1. The topological polar surface area (TPSA) is 26.3 Å². The number of carbonyl (C=O) groups excluding carboxylic acids is 1. The Hall–Kier alpha value is -1.57. The third kappa shape index (κ3) is 2.52. The van der Waals surface area contributed by atoms with Crippen LogP contribution in [0.5, 0.6) is 0 Å². The van der Waals surface area contributed by atoms with E-state index in [9.17, 15) is 4.79 Å². The van der Waals surface area contributed by atoms with E-state index in [0.717, 1.165) is 12.8 Å². The number of fused-ring (bicyclic) bond motifs is 1. The predicted molar refractivity (Wildman–Crippen MR) is 80.7 cm³/mol. The fourth-order valence-corrected chi connectivity index (χ4v) is 3.60. The van der Waals surface area contributed by atoms with E-state index in [4.69, 9.17) is 4.74 Å². The number of carbonyl (C=O) groups is 1. The summed E-state index contributed by atoms with van der Waals surface area (Å²) in [6, 6.07) is 6.05. The predicted octanol–water partition coefficient (Wildman–Crippen LogP) is 4.38. The summed E-state index contributed by atoms with van der Waals surface area (Å²) in [4.78, 5) is 11.7. The lowest BCUT2D eigenvalue weighted by Crippen LogP contribution is -2.13. The number of hydrogen-bond acceptors (Lipinski definition) is 2. The zero-order valence-electron chi connectivity index (χ0n) is 12.2. The van der Waals surface area contributed by atoms with Crippen LogP contribution in [0.15, 0.2) is 24.3 Å². The molecule has 0 heterocycles. The van der Waals surface area contributed by atoms with Crippen LogP contribution in [-0.2, 0) is 11.2 Å². The summed E-state index contributed by atoms with van der Waals surface area (Å²) in [5, 5.41) is 0. The maximum absolute atomic E-state index is 11.7. The quantitative estimate of drug-likeness (QED) is 0.745. The molecule has 0 atom stereocenters. The zero-order valence-corrected chi connectivity index (χ0v) is 12.2. The molecule has 0 N–H and O–H groups in total. The number of rotatable bonds is 2. The third-order valence-electron chi connectivity index (χ3n) is 4.66.